The molecule has 0 aliphatic rings. The third kappa shape index (κ3) is 3.10. The normalized spacial score (nSPS) is 12.7. The summed E-state index contributed by atoms with van der Waals surface area (Å²) in [6, 6.07) is 7.47. The Balaban J connectivity index is 2.22. The third-order valence-corrected chi connectivity index (χ3v) is 5.02. The molecule has 2 aromatic rings. The van der Waals surface area contributed by atoms with Gasteiger partial charge in [-0.1, -0.05) is 0 Å². The average molecular weight is 285 g/mol. The average Bonchev–Trinajstić information content (AvgIpc) is 2.77. The molecule has 1 nitrogen and oxygen atoms in total. The van der Waals surface area contributed by atoms with Crippen molar-refractivity contribution >= 4 is 23.1 Å². The number of rotatable bonds is 4. The number of hydrogen-bond donors (Lipinski definition) is 1. The molecule has 0 bridgehead atoms. The van der Waals surface area contributed by atoms with Crippen LogP contribution < -0.4 is 5.73 Å². The van der Waals surface area contributed by atoms with Crippen molar-refractivity contribution in [2.45, 2.75) is 17.1 Å². The fraction of sp³-hybridized carbons (Fsp3) is 0.231. The summed E-state index contributed by atoms with van der Waals surface area (Å²) in [4.78, 5) is 2.57. The Morgan fingerprint density at radius 1 is 1.28 bits per heavy atom. The number of thiophene rings is 1. The number of halogens is 2. The van der Waals surface area contributed by atoms with E-state index >= 15 is 0 Å². The zero-order valence-electron chi connectivity index (χ0n) is 9.82. The summed E-state index contributed by atoms with van der Waals surface area (Å²) in [6.07, 6.45) is 0. The molecule has 2 rings (SSSR count). The molecule has 18 heavy (non-hydrogen) atoms. The molecule has 0 fully saturated rings. The molecule has 0 spiro atoms. The quantitative estimate of drug-likeness (QED) is 0.855. The topological polar surface area (TPSA) is 26.0 Å². The van der Waals surface area contributed by atoms with Crippen LogP contribution in [0.5, 0.6) is 0 Å². The van der Waals surface area contributed by atoms with Crippen molar-refractivity contribution < 1.29 is 8.78 Å². The molecule has 0 aliphatic heterocycles. The predicted molar refractivity (Wildman–Crippen MR) is 73.1 cm³/mol. The molecule has 1 atom stereocenters. The minimum absolute atomic E-state index is 0.0417. The predicted octanol–water partition coefficient (Wildman–Crippen LogP) is 4.13. The molecule has 0 saturated carbocycles. The van der Waals surface area contributed by atoms with Crippen LogP contribution >= 0.6 is 23.1 Å². The van der Waals surface area contributed by atoms with Crippen molar-refractivity contribution in [1.29, 1.82) is 0 Å². The van der Waals surface area contributed by atoms with Crippen molar-refractivity contribution in [2.24, 2.45) is 5.73 Å². The van der Waals surface area contributed by atoms with Crippen LogP contribution in [0.25, 0.3) is 0 Å². The minimum atomic E-state index is -0.433. The lowest BCUT2D eigenvalue weighted by atomic mass is 10.3. The summed E-state index contributed by atoms with van der Waals surface area (Å²) in [6.45, 7) is 2.40. The van der Waals surface area contributed by atoms with Crippen LogP contribution in [-0.2, 0) is 0 Å². The van der Waals surface area contributed by atoms with E-state index in [4.69, 9.17) is 5.73 Å². The summed E-state index contributed by atoms with van der Waals surface area (Å²) in [5, 5.41) is -0.0417. The van der Waals surface area contributed by atoms with Crippen molar-refractivity contribution in [1.82, 2.24) is 0 Å². The smallest absolute Gasteiger partial charge is 0.136 e. The maximum absolute atomic E-state index is 13.6. The first kappa shape index (κ1) is 13.5. The summed E-state index contributed by atoms with van der Waals surface area (Å²) in [7, 11) is 0. The maximum Gasteiger partial charge on any atom is 0.136 e. The molecule has 0 amide bonds. The second-order valence-corrected chi connectivity index (χ2v) is 6.43. The van der Waals surface area contributed by atoms with Crippen LogP contribution in [0.4, 0.5) is 8.78 Å². The van der Waals surface area contributed by atoms with E-state index in [0.29, 0.717) is 11.4 Å². The summed E-state index contributed by atoms with van der Waals surface area (Å²) in [5.74, 6) is -0.842. The first-order chi connectivity index (χ1) is 8.60. The molecular formula is C13H13F2NS2. The Bertz CT molecular complexity index is 540. The Hall–Kier alpha value is -0.910. The first-order valence-corrected chi connectivity index (χ1v) is 7.18. The van der Waals surface area contributed by atoms with Crippen molar-refractivity contribution in [3.8, 4) is 0 Å². The monoisotopic (exact) mass is 285 g/mol. The number of hydrogen-bond acceptors (Lipinski definition) is 3. The molecule has 0 aliphatic carbocycles. The lowest BCUT2D eigenvalue weighted by Crippen LogP contribution is -2.08. The summed E-state index contributed by atoms with van der Waals surface area (Å²) < 4.78 is 26.7. The zero-order chi connectivity index (χ0) is 13.1. The Morgan fingerprint density at radius 2 is 2.06 bits per heavy atom. The largest absolute Gasteiger partial charge is 0.329 e. The number of nitrogens with two attached hydrogens (primary N) is 1. The molecule has 5 heteroatoms. The molecule has 1 unspecified atom stereocenters. The maximum atomic E-state index is 13.6. The fourth-order valence-corrected chi connectivity index (χ4v) is 3.69. The van der Waals surface area contributed by atoms with Gasteiger partial charge in [0.05, 0.1) is 5.25 Å². The minimum Gasteiger partial charge on any atom is -0.329 e. The first-order valence-electron chi connectivity index (χ1n) is 5.48. The van der Waals surface area contributed by atoms with E-state index in [9.17, 15) is 8.78 Å². The summed E-state index contributed by atoms with van der Waals surface area (Å²) >= 11 is 2.90. The number of thioether (sulfide) groups is 1. The van der Waals surface area contributed by atoms with Crippen LogP contribution in [-0.4, -0.2) is 6.54 Å². The fourth-order valence-electron chi connectivity index (χ4n) is 1.57. The van der Waals surface area contributed by atoms with Crippen LogP contribution in [0.15, 0.2) is 35.2 Å². The van der Waals surface area contributed by atoms with Crippen molar-refractivity contribution in [2.75, 3.05) is 6.54 Å². The molecule has 96 valence electrons. The van der Waals surface area contributed by atoms with Crippen LogP contribution in [0.1, 0.15) is 15.0 Å². The van der Waals surface area contributed by atoms with Gasteiger partial charge in [-0.25, -0.2) is 8.78 Å². The third-order valence-electron chi connectivity index (χ3n) is 2.46. The molecule has 1 heterocycles. The van der Waals surface area contributed by atoms with E-state index in [1.54, 1.807) is 11.3 Å². The van der Waals surface area contributed by atoms with Gasteiger partial charge in [0.25, 0.3) is 0 Å². The Kier molecular flexibility index (Phi) is 4.37. The van der Waals surface area contributed by atoms with Gasteiger partial charge >= 0.3 is 0 Å². The Labute approximate surface area is 113 Å². The lowest BCUT2D eigenvalue weighted by Gasteiger charge is -2.13. The van der Waals surface area contributed by atoms with E-state index in [-0.39, 0.29) is 5.25 Å². The van der Waals surface area contributed by atoms with Gasteiger partial charge in [0.2, 0.25) is 0 Å². The molecule has 0 radical (unpaired) electrons. The van der Waals surface area contributed by atoms with Gasteiger partial charge < -0.3 is 5.73 Å². The zero-order valence-corrected chi connectivity index (χ0v) is 11.5. The van der Waals surface area contributed by atoms with E-state index in [0.717, 1.165) is 17.0 Å². The van der Waals surface area contributed by atoms with Gasteiger partial charge in [-0.3, -0.25) is 0 Å². The molecule has 0 saturated heterocycles. The molecule has 2 N–H and O–H groups in total. The highest BCUT2D eigenvalue weighted by atomic mass is 32.2. The van der Waals surface area contributed by atoms with Gasteiger partial charge in [-0.15, -0.1) is 23.1 Å². The van der Waals surface area contributed by atoms with Crippen LogP contribution in [0, 0.1) is 18.6 Å². The summed E-state index contributed by atoms with van der Waals surface area (Å²) in [5.41, 5.74) is 5.72. The number of benzene rings is 1. The molecular weight excluding hydrogens is 272 g/mol. The molecule has 1 aromatic carbocycles. The van der Waals surface area contributed by atoms with Gasteiger partial charge in [0.1, 0.15) is 11.6 Å². The van der Waals surface area contributed by atoms with E-state index in [1.165, 1.54) is 22.7 Å². The highest BCUT2D eigenvalue weighted by Crippen LogP contribution is 2.38. The van der Waals surface area contributed by atoms with Gasteiger partial charge in [0, 0.05) is 21.2 Å². The highest BCUT2D eigenvalue weighted by Gasteiger charge is 2.16. The number of aryl methyl sites for hydroxylation is 1. The van der Waals surface area contributed by atoms with E-state index < -0.39 is 11.6 Å². The van der Waals surface area contributed by atoms with Crippen molar-refractivity contribution in [3.63, 3.8) is 0 Å². The second-order valence-electron chi connectivity index (χ2n) is 3.87. The Morgan fingerprint density at radius 3 is 2.67 bits per heavy atom. The second kappa shape index (κ2) is 5.82. The highest BCUT2D eigenvalue weighted by molar-refractivity contribution is 7.99. The van der Waals surface area contributed by atoms with Crippen LogP contribution in [0.3, 0.4) is 0 Å². The van der Waals surface area contributed by atoms with E-state index in [1.807, 2.05) is 19.1 Å². The van der Waals surface area contributed by atoms with Gasteiger partial charge in [0.15, 0.2) is 0 Å². The SMILES string of the molecule is Cc1ccc(C(CN)Sc2cc(F)ccc2F)s1. The van der Waals surface area contributed by atoms with E-state index in [2.05, 4.69) is 0 Å². The lowest BCUT2D eigenvalue weighted by molar-refractivity contribution is 0.576. The molecule has 1 aromatic heterocycles. The van der Waals surface area contributed by atoms with Gasteiger partial charge in [-0.2, -0.15) is 0 Å². The standard InChI is InChI=1S/C13H13F2NS2/c1-8-2-5-11(17-8)13(7-16)18-12-6-9(14)3-4-10(12)15/h2-6,13H,7,16H2,1H3. The van der Waals surface area contributed by atoms with Crippen LogP contribution in [0.2, 0.25) is 0 Å². The van der Waals surface area contributed by atoms with Gasteiger partial charge in [-0.05, 0) is 37.3 Å². The van der Waals surface area contributed by atoms with Crippen molar-refractivity contribution in [3.05, 3.63) is 51.7 Å².